The van der Waals surface area contributed by atoms with Crippen LogP contribution in [0.25, 0.3) is 71.3 Å². The summed E-state index contributed by atoms with van der Waals surface area (Å²) in [5.41, 5.74) is 18.7. The molecule has 15 rings (SSSR count). The molecular formula is C66H45NO2. The molecule has 3 heteroatoms. The first-order valence-electron chi connectivity index (χ1n) is 24.3. The first-order chi connectivity index (χ1) is 34.0. The highest BCUT2D eigenvalue weighted by Crippen LogP contribution is 2.64. The maximum atomic E-state index is 7.19. The monoisotopic (exact) mass is 883 g/mol. The molecule has 1 aliphatic heterocycles. The number of fused-ring (bicyclic) bond motifs is 18. The van der Waals surface area contributed by atoms with Gasteiger partial charge in [0.2, 0.25) is 0 Å². The third-order valence-electron chi connectivity index (χ3n) is 16.1. The molecule has 0 amide bonds. The van der Waals surface area contributed by atoms with Crippen molar-refractivity contribution >= 4 is 60.4 Å². The second-order valence-corrected chi connectivity index (χ2v) is 19.8. The van der Waals surface area contributed by atoms with Crippen LogP contribution in [0.2, 0.25) is 0 Å². The van der Waals surface area contributed by atoms with Crippen LogP contribution in [0.1, 0.15) is 53.6 Å². The van der Waals surface area contributed by atoms with Crippen LogP contribution in [-0.2, 0) is 10.8 Å². The van der Waals surface area contributed by atoms with Gasteiger partial charge in [-0.3, -0.25) is 0 Å². The maximum absolute atomic E-state index is 7.19. The molecule has 10 aromatic carbocycles. The van der Waals surface area contributed by atoms with Gasteiger partial charge in [0.1, 0.15) is 22.7 Å². The van der Waals surface area contributed by atoms with Crippen LogP contribution in [0.5, 0.6) is 11.5 Å². The van der Waals surface area contributed by atoms with Crippen LogP contribution in [0.3, 0.4) is 0 Å². The molecule has 0 saturated carbocycles. The minimum atomic E-state index is -0.581. The molecule has 326 valence electrons. The van der Waals surface area contributed by atoms with Crippen molar-refractivity contribution < 1.29 is 9.15 Å². The summed E-state index contributed by atoms with van der Waals surface area (Å²) in [6, 6.07) is 76.2. The summed E-state index contributed by atoms with van der Waals surface area (Å²) in [5, 5.41) is 6.86. The van der Waals surface area contributed by atoms with Crippen molar-refractivity contribution in [2.24, 2.45) is 0 Å². The first-order valence-corrected chi connectivity index (χ1v) is 24.3. The van der Waals surface area contributed by atoms with E-state index in [0.717, 1.165) is 62.0 Å². The van der Waals surface area contributed by atoms with Crippen molar-refractivity contribution in [3.63, 3.8) is 0 Å². The van der Waals surface area contributed by atoms with Crippen LogP contribution >= 0.6 is 0 Å². The Kier molecular flexibility index (Phi) is 7.89. The summed E-state index contributed by atoms with van der Waals surface area (Å²) in [6.07, 6.45) is 5.65. The smallest absolute Gasteiger partial charge is 0.140 e. The van der Waals surface area contributed by atoms with Crippen molar-refractivity contribution in [2.45, 2.75) is 37.1 Å². The maximum Gasteiger partial charge on any atom is 0.140 e. The lowest BCUT2D eigenvalue weighted by Gasteiger charge is -2.40. The zero-order valence-corrected chi connectivity index (χ0v) is 38.3. The molecule has 2 heterocycles. The minimum Gasteiger partial charge on any atom is -0.456 e. The van der Waals surface area contributed by atoms with Gasteiger partial charge < -0.3 is 14.1 Å². The number of furan rings is 1. The number of allylic oxidation sites excluding steroid dienone is 2. The van der Waals surface area contributed by atoms with Crippen molar-refractivity contribution in [3.8, 4) is 33.8 Å². The first kappa shape index (κ1) is 38.7. The normalized spacial score (nSPS) is 16.6. The van der Waals surface area contributed by atoms with E-state index in [9.17, 15) is 0 Å². The summed E-state index contributed by atoms with van der Waals surface area (Å²) < 4.78 is 13.7. The van der Waals surface area contributed by atoms with Crippen LogP contribution in [0.4, 0.5) is 11.4 Å². The molecule has 0 saturated heterocycles. The van der Waals surface area contributed by atoms with Gasteiger partial charge in [0.25, 0.3) is 0 Å². The summed E-state index contributed by atoms with van der Waals surface area (Å²) in [7, 11) is 0. The van der Waals surface area contributed by atoms with Gasteiger partial charge in [-0.05, 0) is 109 Å². The summed E-state index contributed by atoms with van der Waals surface area (Å²) in [6.45, 7) is 4.75. The topological polar surface area (TPSA) is 25.6 Å². The Morgan fingerprint density at radius 1 is 0.449 bits per heavy atom. The lowest BCUT2D eigenvalue weighted by molar-refractivity contribution is 0.447. The molecule has 1 spiro atoms. The molecule has 1 unspecified atom stereocenters. The van der Waals surface area contributed by atoms with E-state index in [4.69, 9.17) is 9.15 Å². The van der Waals surface area contributed by atoms with E-state index in [1.807, 2.05) is 6.07 Å². The third kappa shape index (κ3) is 5.22. The molecule has 0 fully saturated rings. The molecule has 69 heavy (non-hydrogen) atoms. The Bertz CT molecular complexity index is 3980. The average Bonchev–Trinajstić information content (AvgIpc) is 4.00. The number of ether oxygens (including phenoxy) is 1. The van der Waals surface area contributed by atoms with Gasteiger partial charge in [0.15, 0.2) is 0 Å². The van der Waals surface area contributed by atoms with E-state index < -0.39 is 5.41 Å². The second-order valence-electron chi connectivity index (χ2n) is 19.8. The number of nitrogens with zero attached hydrogens (tertiary/aromatic N) is 1. The number of benzene rings is 10. The molecule has 4 aliphatic rings. The zero-order valence-electron chi connectivity index (χ0n) is 38.3. The third-order valence-corrected chi connectivity index (χ3v) is 16.1. The summed E-state index contributed by atoms with van der Waals surface area (Å²) in [5.74, 6) is 1.87. The van der Waals surface area contributed by atoms with Gasteiger partial charge in [-0.1, -0.05) is 190 Å². The van der Waals surface area contributed by atoms with Gasteiger partial charge >= 0.3 is 0 Å². The molecule has 0 radical (unpaired) electrons. The number of para-hydroxylation sites is 1. The van der Waals surface area contributed by atoms with E-state index in [0.29, 0.717) is 0 Å². The molecule has 0 N–H and O–H groups in total. The van der Waals surface area contributed by atoms with Crippen molar-refractivity contribution in [1.82, 2.24) is 0 Å². The Morgan fingerprint density at radius 3 is 1.78 bits per heavy atom. The molecule has 0 bridgehead atoms. The van der Waals surface area contributed by atoms with E-state index in [2.05, 4.69) is 231 Å². The zero-order chi connectivity index (χ0) is 45.6. The number of rotatable bonds is 4. The fraction of sp³-hybridized carbons (Fsp3) is 0.0909. The Balaban J connectivity index is 0.893. The Labute approximate surface area is 400 Å². The SMILES string of the molecule is CC1(C)C2=C(c3ccccc31)C(N(c1ccc(-c3ccc4c(c3)-c3ccccc3C43c4ccc5ccccc5c4Oc4c3ccc3ccccc43)cc1)c1ccc3c(c1)oc1ccccc13)CC=C2. The van der Waals surface area contributed by atoms with E-state index in [1.54, 1.807) is 0 Å². The summed E-state index contributed by atoms with van der Waals surface area (Å²) in [4.78, 5) is 2.56. The predicted molar refractivity (Wildman–Crippen MR) is 284 cm³/mol. The summed E-state index contributed by atoms with van der Waals surface area (Å²) >= 11 is 0. The largest absolute Gasteiger partial charge is 0.456 e. The van der Waals surface area contributed by atoms with Gasteiger partial charge in [-0.25, -0.2) is 0 Å². The van der Waals surface area contributed by atoms with Crippen LogP contribution in [0.15, 0.2) is 228 Å². The lowest BCUT2D eigenvalue weighted by atomic mass is 9.65. The van der Waals surface area contributed by atoms with E-state index in [-0.39, 0.29) is 11.5 Å². The van der Waals surface area contributed by atoms with Crippen molar-refractivity contribution in [2.75, 3.05) is 4.90 Å². The molecule has 1 aromatic heterocycles. The van der Waals surface area contributed by atoms with Crippen LogP contribution in [0, 0.1) is 0 Å². The van der Waals surface area contributed by atoms with Crippen LogP contribution < -0.4 is 9.64 Å². The number of hydrogen-bond acceptors (Lipinski definition) is 3. The highest BCUT2D eigenvalue weighted by molar-refractivity contribution is 6.06. The van der Waals surface area contributed by atoms with Gasteiger partial charge in [0, 0.05) is 55.5 Å². The quantitative estimate of drug-likeness (QED) is 0.176. The highest BCUT2D eigenvalue weighted by Gasteiger charge is 2.52. The lowest BCUT2D eigenvalue weighted by Crippen LogP contribution is -2.33. The van der Waals surface area contributed by atoms with Gasteiger partial charge in [-0.15, -0.1) is 0 Å². The molecular weight excluding hydrogens is 839 g/mol. The molecule has 1 atom stereocenters. The van der Waals surface area contributed by atoms with Crippen molar-refractivity contribution in [3.05, 3.63) is 257 Å². The fourth-order valence-electron chi connectivity index (χ4n) is 13.0. The minimum absolute atomic E-state index is 0.0766. The number of hydrogen-bond donors (Lipinski definition) is 0. The Hall–Kier alpha value is -8.40. The molecule has 11 aromatic rings. The fourth-order valence-corrected chi connectivity index (χ4v) is 13.0. The van der Waals surface area contributed by atoms with Crippen LogP contribution in [-0.4, -0.2) is 6.04 Å². The Morgan fingerprint density at radius 2 is 1.03 bits per heavy atom. The van der Waals surface area contributed by atoms with E-state index >= 15 is 0 Å². The molecule has 3 aliphatic carbocycles. The molecule has 3 nitrogen and oxygen atoms in total. The van der Waals surface area contributed by atoms with Crippen molar-refractivity contribution in [1.29, 1.82) is 0 Å². The van der Waals surface area contributed by atoms with E-state index in [1.165, 1.54) is 77.6 Å². The predicted octanol–water partition coefficient (Wildman–Crippen LogP) is 17.2. The number of anilines is 2. The second kappa shape index (κ2) is 14.1. The van der Waals surface area contributed by atoms with Gasteiger partial charge in [0.05, 0.1) is 11.5 Å². The van der Waals surface area contributed by atoms with Gasteiger partial charge in [-0.2, -0.15) is 0 Å². The average molecular weight is 884 g/mol. The standard InChI is InChI=1S/C66H45NO2/c1-65(2)53-21-10-8-20-51(53)62-56(65)23-13-24-59(62)67(45-33-34-50-49-19-9-12-25-60(49)68-61(50)39-45)44-31-26-40(27-32-44)43-30-35-55-52(38-43)48-18-7-11-22-54(48)66(55)57-36-28-41-14-3-5-16-46(41)63(57)69-64-47-17-6-4-15-42(47)29-37-58(64)66/h3-23,25-39,59H,24H2,1-2H3. The highest BCUT2D eigenvalue weighted by atomic mass is 16.5.